The molecule has 6 heteroatoms. The molecule has 0 aromatic heterocycles. The second-order valence-electron chi connectivity index (χ2n) is 7.54. The van der Waals surface area contributed by atoms with Crippen molar-refractivity contribution >= 4 is 5.91 Å². The Labute approximate surface area is 149 Å². The number of benzene rings is 1. The Balaban J connectivity index is 1.55. The summed E-state index contributed by atoms with van der Waals surface area (Å²) in [7, 11) is 3.83. The SMILES string of the molecule is CN1CCN(CC(O)CN(C)C(=O)C2(c3cccc(F)c3)CC2)CC1. The monoisotopic (exact) mass is 349 g/mol. The van der Waals surface area contributed by atoms with Crippen molar-refractivity contribution in [3.8, 4) is 0 Å². The number of carbonyl (C=O) groups excluding carboxylic acids is 1. The largest absolute Gasteiger partial charge is 0.390 e. The van der Waals surface area contributed by atoms with Gasteiger partial charge in [-0.15, -0.1) is 0 Å². The zero-order chi connectivity index (χ0) is 18.0. The summed E-state index contributed by atoms with van der Waals surface area (Å²) in [5, 5.41) is 10.4. The number of rotatable bonds is 6. The van der Waals surface area contributed by atoms with Crippen molar-refractivity contribution in [1.29, 1.82) is 0 Å². The first kappa shape index (κ1) is 18.3. The molecular formula is C19H28FN3O2. The van der Waals surface area contributed by atoms with E-state index in [1.54, 1.807) is 18.0 Å². The van der Waals surface area contributed by atoms with Crippen molar-refractivity contribution in [3.05, 3.63) is 35.6 Å². The Morgan fingerprint density at radius 2 is 2.00 bits per heavy atom. The van der Waals surface area contributed by atoms with Crippen LogP contribution in [-0.2, 0) is 10.2 Å². The first-order valence-corrected chi connectivity index (χ1v) is 9.01. The summed E-state index contributed by atoms with van der Waals surface area (Å²) in [5.41, 5.74) is 0.155. The molecule has 1 aromatic rings. The van der Waals surface area contributed by atoms with Crippen molar-refractivity contribution in [2.75, 3.05) is 53.4 Å². The third-order valence-electron chi connectivity index (χ3n) is 5.43. The van der Waals surface area contributed by atoms with Gasteiger partial charge in [-0.2, -0.15) is 0 Å². The van der Waals surface area contributed by atoms with Gasteiger partial charge in [-0.1, -0.05) is 12.1 Å². The number of carbonyl (C=O) groups is 1. The number of nitrogens with zero attached hydrogens (tertiary/aromatic N) is 3. The molecule has 2 aliphatic rings. The number of aliphatic hydroxyl groups excluding tert-OH is 1. The van der Waals surface area contributed by atoms with Crippen LogP contribution < -0.4 is 0 Å². The van der Waals surface area contributed by atoms with E-state index in [-0.39, 0.29) is 11.7 Å². The van der Waals surface area contributed by atoms with Crippen LogP contribution in [-0.4, -0.2) is 85.2 Å². The van der Waals surface area contributed by atoms with Crippen LogP contribution in [0, 0.1) is 5.82 Å². The highest BCUT2D eigenvalue weighted by Gasteiger charge is 2.52. The molecule has 138 valence electrons. The van der Waals surface area contributed by atoms with Crippen LogP contribution in [0.1, 0.15) is 18.4 Å². The number of piperazine rings is 1. The number of hydrogen-bond donors (Lipinski definition) is 1. The van der Waals surface area contributed by atoms with Crippen LogP contribution in [0.5, 0.6) is 0 Å². The summed E-state index contributed by atoms with van der Waals surface area (Å²) >= 11 is 0. The highest BCUT2D eigenvalue weighted by Crippen LogP contribution is 2.49. The van der Waals surface area contributed by atoms with Gasteiger partial charge in [0.05, 0.1) is 11.5 Å². The predicted octanol–water partition coefficient (Wildman–Crippen LogP) is 0.924. The van der Waals surface area contributed by atoms with E-state index in [1.807, 2.05) is 6.07 Å². The van der Waals surface area contributed by atoms with E-state index in [0.29, 0.717) is 13.1 Å². The van der Waals surface area contributed by atoms with E-state index in [9.17, 15) is 14.3 Å². The van der Waals surface area contributed by atoms with Crippen LogP contribution >= 0.6 is 0 Å². The van der Waals surface area contributed by atoms with Gasteiger partial charge < -0.3 is 14.9 Å². The highest BCUT2D eigenvalue weighted by molar-refractivity contribution is 5.91. The van der Waals surface area contributed by atoms with Crippen LogP contribution in [0.15, 0.2) is 24.3 Å². The maximum Gasteiger partial charge on any atom is 0.233 e. The van der Waals surface area contributed by atoms with Crippen LogP contribution in [0.2, 0.25) is 0 Å². The molecule has 0 bridgehead atoms. The number of likely N-dealkylation sites (N-methyl/N-ethyl adjacent to an activating group) is 2. The molecular weight excluding hydrogens is 321 g/mol. The average molecular weight is 349 g/mol. The fraction of sp³-hybridized carbons (Fsp3) is 0.632. The summed E-state index contributed by atoms with van der Waals surface area (Å²) in [6.45, 7) is 4.78. The molecule has 1 atom stereocenters. The maximum atomic E-state index is 13.5. The van der Waals surface area contributed by atoms with Crippen molar-refractivity contribution in [1.82, 2.24) is 14.7 Å². The summed E-state index contributed by atoms with van der Waals surface area (Å²) in [6, 6.07) is 6.33. The minimum atomic E-state index is -0.593. The number of amides is 1. The lowest BCUT2D eigenvalue weighted by atomic mass is 9.94. The van der Waals surface area contributed by atoms with Gasteiger partial charge >= 0.3 is 0 Å². The van der Waals surface area contributed by atoms with Crippen molar-refractivity contribution in [2.24, 2.45) is 0 Å². The smallest absolute Gasteiger partial charge is 0.233 e. The molecule has 1 saturated carbocycles. The van der Waals surface area contributed by atoms with Gasteiger partial charge in [0.2, 0.25) is 5.91 Å². The van der Waals surface area contributed by atoms with E-state index in [2.05, 4.69) is 16.8 Å². The molecule has 0 spiro atoms. The first-order chi connectivity index (χ1) is 11.9. The zero-order valence-electron chi connectivity index (χ0n) is 15.1. The highest BCUT2D eigenvalue weighted by atomic mass is 19.1. The van der Waals surface area contributed by atoms with E-state index in [4.69, 9.17) is 0 Å². The Bertz CT molecular complexity index is 612. The Hall–Kier alpha value is -1.50. The Morgan fingerprint density at radius 1 is 1.32 bits per heavy atom. The maximum absolute atomic E-state index is 13.5. The summed E-state index contributed by atoms with van der Waals surface area (Å²) in [4.78, 5) is 19.0. The van der Waals surface area contributed by atoms with E-state index in [0.717, 1.165) is 44.6 Å². The standard InChI is InChI=1S/C19H28FN3O2/c1-21-8-10-23(11-9-21)14-17(24)13-22(2)18(25)19(6-7-19)15-4-3-5-16(20)12-15/h3-5,12,17,24H,6-11,13-14H2,1-2H3. The lowest BCUT2D eigenvalue weighted by Gasteiger charge is -2.34. The molecule has 1 N–H and O–H groups in total. The second-order valence-corrected chi connectivity index (χ2v) is 7.54. The van der Waals surface area contributed by atoms with Crippen LogP contribution in [0.25, 0.3) is 0 Å². The fourth-order valence-corrected chi connectivity index (χ4v) is 3.69. The molecule has 1 aliphatic carbocycles. The summed E-state index contributed by atoms with van der Waals surface area (Å²) in [5.74, 6) is -0.329. The molecule has 1 unspecified atom stereocenters. The van der Waals surface area contributed by atoms with Crippen LogP contribution in [0.4, 0.5) is 4.39 Å². The third-order valence-corrected chi connectivity index (χ3v) is 5.43. The molecule has 0 radical (unpaired) electrons. The molecule has 1 aromatic carbocycles. The van der Waals surface area contributed by atoms with Crippen LogP contribution in [0.3, 0.4) is 0 Å². The normalized spacial score (nSPS) is 21.8. The summed E-state index contributed by atoms with van der Waals surface area (Å²) in [6.07, 6.45) is 0.920. The lowest BCUT2D eigenvalue weighted by molar-refractivity contribution is -0.134. The number of β-amino-alcohol motifs (C(OH)–C–C–N with tert-alkyl or cyclic N) is 1. The lowest BCUT2D eigenvalue weighted by Crippen LogP contribution is -2.49. The second kappa shape index (κ2) is 7.40. The van der Waals surface area contributed by atoms with Gasteiger partial charge in [-0.3, -0.25) is 9.69 Å². The Kier molecular flexibility index (Phi) is 5.41. The molecule has 1 aliphatic heterocycles. The molecule has 3 rings (SSSR count). The van der Waals surface area contributed by atoms with Crippen molar-refractivity contribution < 1.29 is 14.3 Å². The van der Waals surface area contributed by atoms with Gasteiger partial charge in [0.15, 0.2) is 0 Å². The van der Waals surface area contributed by atoms with Gasteiger partial charge in [0.25, 0.3) is 0 Å². The van der Waals surface area contributed by atoms with Gasteiger partial charge in [-0.05, 0) is 37.6 Å². The van der Waals surface area contributed by atoms with Crippen molar-refractivity contribution in [2.45, 2.75) is 24.4 Å². The summed E-state index contributed by atoms with van der Waals surface area (Å²) < 4.78 is 13.5. The van der Waals surface area contributed by atoms with E-state index < -0.39 is 11.5 Å². The number of aliphatic hydroxyl groups is 1. The minimum absolute atomic E-state index is 0.0180. The minimum Gasteiger partial charge on any atom is -0.390 e. The third kappa shape index (κ3) is 4.19. The number of halogens is 1. The average Bonchev–Trinajstić information content (AvgIpc) is 3.38. The van der Waals surface area contributed by atoms with Gasteiger partial charge in [0, 0.05) is 46.3 Å². The molecule has 1 saturated heterocycles. The zero-order valence-corrected chi connectivity index (χ0v) is 15.1. The molecule has 1 amide bonds. The molecule has 5 nitrogen and oxygen atoms in total. The number of hydrogen-bond acceptors (Lipinski definition) is 4. The van der Waals surface area contributed by atoms with E-state index >= 15 is 0 Å². The predicted molar refractivity (Wildman–Crippen MR) is 94.9 cm³/mol. The molecule has 2 fully saturated rings. The van der Waals surface area contributed by atoms with Gasteiger partial charge in [0.1, 0.15) is 5.82 Å². The topological polar surface area (TPSA) is 47.0 Å². The van der Waals surface area contributed by atoms with Gasteiger partial charge in [-0.25, -0.2) is 4.39 Å². The van der Waals surface area contributed by atoms with Crippen molar-refractivity contribution in [3.63, 3.8) is 0 Å². The fourth-order valence-electron chi connectivity index (χ4n) is 3.69. The first-order valence-electron chi connectivity index (χ1n) is 9.01. The Morgan fingerprint density at radius 3 is 2.60 bits per heavy atom. The quantitative estimate of drug-likeness (QED) is 0.830. The van der Waals surface area contributed by atoms with E-state index in [1.165, 1.54) is 12.1 Å². The molecule has 25 heavy (non-hydrogen) atoms. The molecule has 1 heterocycles.